The molecule has 3 rings (SSSR count). The summed E-state index contributed by atoms with van der Waals surface area (Å²) in [5, 5.41) is 9.54. The summed E-state index contributed by atoms with van der Waals surface area (Å²) in [5.41, 5.74) is 2.24. The predicted molar refractivity (Wildman–Crippen MR) is 151 cm³/mol. The van der Waals surface area contributed by atoms with Gasteiger partial charge in [0.05, 0.1) is 5.75 Å². The van der Waals surface area contributed by atoms with E-state index in [0.717, 1.165) is 22.8 Å². The van der Waals surface area contributed by atoms with Crippen LogP contribution in [-0.2, 0) is 34.5 Å². The second-order valence-electron chi connectivity index (χ2n) is 11.9. The van der Waals surface area contributed by atoms with Crippen molar-refractivity contribution in [2.24, 2.45) is 5.41 Å². The number of nitrogens with zero attached hydrogens (tertiary/aromatic N) is 3. The van der Waals surface area contributed by atoms with Crippen LogP contribution in [0.1, 0.15) is 50.3 Å². The van der Waals surface area contributed by atoms with Crippen molar-refractivity contribution in [2.75, 3.05) is 26.4 Å². The summed E-state index contributed by atoms with van der Waals surface area (Å²) in [6.07, 6.45) is 0.902. The van der Waals surface area contributed by atoms with Gasteiger partial charge in [-0.3, -0.25) is 9.69 Å². The van der Waals surface area contributed by atoms with Crippen molar-refractivity contribution in [1.29, 1.82) is 0 Å². The van der Waals surface area contributed by atoms with Gasteiger partial charge in [-0.15, -0.1) is 0 Å². The number of para-hydroxylation sites is 1. The van der Waals surface area contributed by atoms with Gasteiger partial charge in [-0.25, -0.2) is 8.42 Å². The lowest BCUT2D eigenvalue weighted by atomic mass is 9.87. The maximum Gasteiger partial charge on any atom is 0.387 e. The highest BCUT2D eigenvalue weighted by atomic mass is 32.2. The zero-order valence-corrected chi connectivity index (χ0v) is 24.7. The first-order chi connectivity index (χ1) is 18.6. The molecule has 11 heteroatoms. The van der Waals surface area contributed by atoms with Gasteiger partial charge in [0.15, 0.2) is 0 Å². The molecule has 1 heterocycles. The Hall–Kier alpha value is -2.60. The van der Waals surface area contributed by atoms with Crippen molar-refractivity contribution < 1.29 is 31.8 Å². The highest BCUT2D eigenvalue weighted by Gasteiger charge is 2.41. The maximum absolute atomic E-state index is 13.2. The summed E-state index contributed by atoms with van der Waals surface area (Å²) < 4.78 is 57.3. The van der Waals surface area contributed by atoms with Crippen LogP contribution in [0.3, 0.4) is 0 Å². The van der Waals surface area contributed by atoms with Crippen LogP contribution in [0.5, 0.6) is 5.75 Å². The molecule has 0 saturated carbocycles. The molecular formula is C29H41F2N3O5S. The van der Waals surface area contributed by atoms with Crippen LogP contribution in [0.25, 0.3) is 0 Å². The lowest BCUT2D eigenvalue weighted by Crippen LogP contribution is -2.43. The first-order valence-corrected chi connectivity index (χ1v) is 15.0. The second-order valence-corrected chi connectivity index (χ2v) is 13.9. The molecule has 1 fully saturated rings. The number of rotatable bonds is 13. The molecule has 0 amide bonds. The molecule has 1 unspecified atom stereocenters. The summed E-state index contributed by atoms with van der Waals surface area (Å²) in [5.74, 6) is -1.20. The number of ether oxygens (including phenoxy) is 1. The van der Waals surface area contributed by atoms with Gasteiger partial charge in [0, 0.05) is 37.8 Å². The molecule has 222 valence electrons. The number of carboxylic acid groups (broad SMARTS) is 1. The molecule has 0 bridgehead atoms. The van der Waals surface area contributed by atoms with Crippen LogP contribution in [0.4, 0.5) is 8.78 Å². The summed E-state index contributed by atoms with van der Waals surface area (Å²) in [4.78, 5) is 16.0. The molecule has 40 heavy (non-hydrogen) atoms. The van der Waals surface area contributed by atoms with Crippen LogP contribution in [-0.4, -0.2) is 78.7 Å². The van der Waals surface area contributed by atoms with Gasteiger partial charge >= 0.3 is 12.6 Å². The van der Waals surface area contributed by atoms with E-state index in [9.17, 15) is 27.1 Å². The molecule has 0 aliphatic carbocycles. The Morgan fingerprint density at radius 3 is 2.40 bits per heavy atom. The lowest BCUT2D eigenvalue weighted by Gasteiger charge is -2.38. The Morgan fingerprint density at radius 2 is 1.77 bits per heavy atom. The average molecular weight is 582 g/mol. The van der Waals surface area contributed by atoms with Gasteiger partial charge in [-0.1, -0.05) is 63.2 Å². The van der Waals surface area contributed by atoms with Crippen molar-refractivity contribution in [3.63, 3.8) is 0 Å². The number of sulfonamides is 1. The summed E-state index contributed by atoms with van der Waals surface area (Å²) >= 11 is 0. The fraction of sp³-hybridized carbons (Fsp3) is 0.552. The molecule has 2 aromatic rings. The van der Waals surface area contributed by atoms with Gasteiger partial charge < -0.3 is 14.7 Å². The van der Waals surface area contributed by atoms with Crippen LogP contribution >= 0.6 is 0 Å². The van der Waals surface area contributed by atoms with E-state index in [0.29, 0.717) is 24.2 Å². The Labute approximate surface area is 236 Å². The SMILES string of the molecule is CN(C)C[C@H](CC(C)(C)C)N(Cc1cccc(CN2C(C(=O)O)CCS2(=O)=O)c1)Cc1ccccc1OC(F)F. The van der Waals surface area contributed by atoms with Crippen molar-refractivity contribution in [2.45, 2.75) is 71.9 Å². The number of aliphatic carboxylic acids is 1. The number of likely N-dealkylation sites (N-methyl/N-ethyl adjacent to an activating group) is 1. The number of halogens is 2. The largest absolute Gasteiger partial charge is 0.480 e. The third-order valence-corrected chi connectivity index (χ3v) is 8.71. The zero-order chi connectivity index (χ0) is 29.7. The van der Waals surface area contributed by atoms with Crippen molar-refractivity contribution in [3.8, 4) is 5.75 Å². The summed E-state index contributed by atoms with van der Waals surface area (Å²) in [7, 11) is 0.339. The van der Waals surface area contributed by atoms with Crippen LogP contribution < -0.4 is 4.74 Å². The number of alkyl halides is 2. The van der Waals surface area contributed by atoms with Crippen LogP contribution in [0.15, 0.2) is 48.5 Å². The van der Waals surface area contributed by atoms with Gasteiger partial charge in [-0.05, 0) is 49.5 Å². The van der Waals surface area contributed by atoms with Gasteiger partial charge in [0.25, 0.3) is 0 Å². The Bertz CT molecular complexity index is 1250. The van der Waals surface area contributed by atoms with E-state index >= 15 is 0 Å². The average Bonchev–Trinajstić information content (AvgIpc) is 3.12. The van der Waals surface area contributed by atoms with E-state index in [4.69, 9.17) is 4.74 Å². The van der Waals surface area contributed by atoms with Gasteiger partial charge in [-0.2, -0.15) is 13.1 Å². The number of benzene rings is 2. The first kappa shape index (κ1) is 31.9. The molecule has 0 spiro atoms. The maximum atomic E-state index is 13.2. The first-order valence-electron chi connectivity index (χ1n) is 13.4. The minimum Gasteiger partial charge on any atom is -0.480 e. The fourth-order valence-corrected chi connectivity index (χ4v) is 6.91. The van der Waals surface area contributed by atoms with E-state index in [1.165, 1.54) is 0 Å². The molecule has 1 N–H and O–H groups in total. The molecule has 8 nitrogen and oxygen atoms in total. The third kappa shape index (κ3) is 9.22. The standard InChI is InChI=1S/C29H41F2N3O5S/c1-29(2,3)16-24(20-32(4)5)33(19-23-11-6-7-12-26(23)39-28(30)31)17-21-9-8-10-22(15-21)18-34-25(27(35)36)13-14-40(34,37)38/h6-12,15,24-25,28H,13-14,16-20H2,1-5H3,(H,35,36)/t24-,25?/m0/s1. The van der Waals surface area contributed by atoms with Crippen LogP contribution in [0.2, 0.25) is 0 Å². The van der Waals surface area contributed by atoms with E-state index < -0.39 is 28.6 Å². The van der Waals surface area contributed by atoms with Crippen molar-refractivity contribution in [3.05, 3.63) is 65.2 Å². The highest BCUT2D eigenvalue weighted by molar-refractivity contribution is 7.89. The number of carbonyl (C=O) groups is 1. The molecule has 0 aromatic heterocycles. The molecule has 2 atom stereocenters. The molecular weight excluding hydrogens is 540 g/mol. The summed E-state index contributed by atoms with van der Waals surface area (Å²) in [6.45, 7) is 5.11. The quantitative estimate of drug-likeness (QED) is 0.369. The molecule has 1 saturated heterocycles. The van der Waals surface area contributed by atoms with Crippen molar-refractivity contribution >= 4 is 16.0 Å². The second kappa shape index (κ2) is 13.4. The minimum atomic E-state index is -3.66. The molecule has 0 radical (unpaired) electrons. The fourth-order valence-electron chi connectivity index (χ4n) is 5.23. The lowest BCUT2D eigenvalue weighted by molar-refractivity contribution is -0.141. The Morgan fingerprint density at radius 1 is 1.10 bits per heavy atom. The van der Waals surface area contributed by atoms with Gasteiger partial charge in [0.2, 0.25) is 10.0 Å². The predicted octanol–water partition coefficient (Wildman–Crippen LogP) is 4.65. The van der Waals surface area contributed by atoms with Crippen molar-refractivity contribution in [1.82, 2.24) is 14.1 Å². The highest BCUT2D eigenvalue weighted by Crippen LogP contribution is 2.30. The normalized spacial score (nSPS) is 18.5. The summed E-state index contributed by atoms with van der Waals surface area (Å²) in [6, 6.07) is 13.2. The van der Waals surface area contributed by atoms with E-state index in [-0.39, 0.29) is 35.9 Å². The number of hydrogen-bond acceptors (Lipinski definition) is 6. The smallest absolute Gasteiger partial charge is 0.387 e. The van der Waals surface area contributed by atoms with E-state index in [1.54, 1.807) is 30.3 Å². The molecule has 1 aliphatic heterocycles. The van der Waals surface area contributed by atoms with Gasteiger partial charge in [0.1, 0.15) is 11.8 Å². The third-order valence-electron chi connectivity index (χ3n) is 6.86. The minimum absolute atomic E-state index is 0.00424. The Balaban J connectivity index is 1.94. The molecule has 2 aromatic carbocycles. The van der Waals surface area contributed by atoms with E-state index in [1.807, 2.05) is 32.3 Å². The topological polar surface area (TPSA) is 90.4 Å². The number of hydrogen-bond donors (Lipinski definition) is 1. The number of carboxylic acids is 1. The zero-order valence-electron chi connectivity index (χ0n) is 23.9. The molecule has 1 aliphatic rings. The monoisotopic (exact) mass is 581 g/mol. The van der Waals surface area contributed by atoms with E-state index in [2.05, 4.69) is 30.6 Å². The Kier molecular flexibility index (Phi) is 10.7. The van der Waals surface area contributed by atoms with Crippen LogP contribution in [0, 0.1) is 5.41 Å².